The molecule has 4 rings (SSSR count). The van der Waals surface area contributed by atoms with Crippen molar-refractivity contribution in [1.82, 2.24) is 9.97 Å². The van der Waals surface area contributed by atoms with E-state index in [4.69, 9.17) is 4.74 Å². The van der Waals surface area contributed by atoms with Crippen LogP contribution in [0.4, 0.5) is 0 Å². The second kappa shape index (κ2) is 6.74. The Hall–Kier alpha value is -2.57. The number of carbonyl (C=O) groups is 1. The molecule has 0 saturated carbocycles. The van der Waals surface area contributed by atoms with Gasteiger partial charge in [0.15, 0.2) is 0 Å². The van der Waals surface area contributed by atoms with Crippen LogP contribution in [0.3, 0.4) is 0 Å². The van der Waals surface area contributed by atoms with Crippen molar-refractivity contribution in [2.45, 2.75) is 13.5 Å². The quantitative estimate of drug-likeness (QED) is 0.472. The van der Waals surface area contributed by atoms with Gasteiger partial charge in [0.2, 0.25) is 0 Å². The number of thiophene rings is 1. The lowest BCUT2D eigenvalue weighted by Gasteiger charge is -2.09. The smallest absolute Gasteiger partial charge is 0.339 e. The highest BCUT2D eigenvalue weighted by atomic mass is 32.1. The van der Waals surface area contributed by atoms with E-state index in [0.717, 1.165) is 32.2 Å². The average Bonchev–Trinajstić information content (AvgIpc) is 3.30. The van der Waals surface area contributed by atoms with E-state index in [-0.39, 0.29) is 12.6 Å². The molecule has 0 fully saturated rings. The van der Waals surface area contributed by atoms with Crippen molar-refractivity contribution < 1.29 is 9.53 Å². The van der Waals surface area contributed by atoms with Crippen LogP contribution in [0.15, 0.2) is 53.2 Å². The standard InChI is InChI=1S/C19H14N2O2S2/c1-12-20-13(11-25-12)10-23-19(22)15-9-17(18-7-4-8-24-18)21-16-6-3-2-5-14(15)16/h2-9,11H,10H2,1H3. The number of fused-ring (bicyclic) bond motifs is 1. The Kier molecular flexibility index (Phi) is 4.29. The Balaban J connectivity index is 1.70. The summed E-state index contributed by atoms with van der Waals surface area (Å²) in [6.07, 6.45) is 0. The number of esters is 1. The van der Waals surface area contributed by atoms with Crippen LogP contribution in [0.2, 0.25) is 0 Å². The van der Waals surface area contributed by atoms with Crippen LogP contribution in [-0.2, 0) is 11.3 Å². The van der Waals surface area contributed by atoms with Gasteiger partial charge >= 0.3 is 5.97 Å². The first-order valence-electron chi connectivity index (χ1n) is 7.72. The lowest BCUT2D eigenvalue weighted by Crippen LogP contribution is -2.07. The molecule has 1 aromatic carbocycles. The van der Waals surface area contributed by atoms with Gasteiger partial charge in [0.05, 0.1) is 32.4 Å². The molecule has 4 nitrogen and oxygen atoms in total. The molecule has 0 aliphatic heterocycles. The van der Waals surface area contributed by atoms with E-state index in [1.165, 1.54) is 0 Å². The maximum absolute atomic E-state index is 12.7. The van der Waals surface area contributed by atoms with Gasteiger partial charge < -0.3 is 4.74 Å². The third kappa shape index (κ3) is 3.31. The summed E-state index contributed by atoms with van der Waals surface area (Å²) in [4.78, 5) is 22.7. The number of hydrogen-bond donors (Lipinski definition) is 0. The number of para-hydroxylation sites is 1. The fourth-order valence-electron chi connectivity index (χ4n) is 2.59. The van der Waals surface area contributed by atoms with Crippen molar-refractivity contribution in [2.75, 3.05) is 0 Å². The van der Waals surface area contributed by atoms with Crippen LogP contribution in [-0.4, -0.2) is 15.9 Å². The maximum atomic E-state index is 12.7. The Labute approximate surface area is 152 Å². The first-order valence-corrected chi connectivity index (χ1v) is 9.48. The van der Waals surface area contributed by atoms with Gasteiger partial charge in [-0.25, -0.2) is 14.8 Å². The minimum atomic E-state index is -0.359. The number of benzene rings is 1. The average molecular weight is 366 g/mol. The van der Waals surface area contributed by atoms with E-state index in [1.54, 1.807) is 22.7 Å². The predicted molar refractivity (Wildman–Crippen MR) is 101 cm³/mol. The molecule has 0 radical (unpaired) electrons. The zero-order chi connectivity index (χ0) is 17.2. The summed E-state index contributed by atoms with van der Waals surface area (Å²) in [6, 6.07) is 13.4. The van der Waals surface area contributed by atoms with Gasteiger partial charge in [-0.05, 0) is 30.5 Å². The van der Waals surface area contributed by atoms with Crippen LogP contribution in [0, 0.1) is 6.92 Å². The Morgan fingerprint density at radius 3 is 2.76 bits per heavy atom. The number of aromatic nitrogens is 2. The van der Waals surface area contributed by atoms with Crippen LogP contribution in [0.5, 0.6) is 0 Å². The zero-order valence-electron chi connectivity index (χ0n) is 13.4. The number of carbonyl (C=O) groups excluding carboxylic acids is 1. The van der Waals surface area contributed by atoms with E-state index in [1.807, 2.05) is 60.1 Å². The SMILES string of the molecule is Cc1nc(COC(=O)c2cc(-c3cccs3)nc3ccccc23)cs1. The molecule has 3 aromatic heterocycles. The second-order valence-electron chi connectivity index (χ2n) is 5.48. The summed E-state index contributed by atoms with van der Waals surface area (Å²) in [5.74, 6) is -0.359. The molecule has 0 amide bonds. The van der Waals surface area contributed by atoms with Crippen LogP contribution >= 0.6 is 22.7 Å². The highest BCUT2D eigenvalue weighted by Gasteiger charge is 2.16. The predicted octanol–water partition coefficient (Wildman–Crippen LogP) is 5.09. The molecule has 124 valence electrons. The first-order chi connectivity index (χ1) is 12.2. The summed E-state index contributed by atoms with van der Waals surface area (Å²) >= 11 is 3.14. The number of rotatable bonds is 4. The van der Waals surface area contributed by atoms with Gasteiger partial charge in [-0.2, -0.15) is 0 Å². The van der Waals surface area contributed by atoms with Crippen LogP contribution in [0.1, 0.15) is 21.1 Å². The van der Waals surface area contributed by atoms with Gasteiger partial charge in [-0.1, -0.05) is 24.3 Å². The summed E-state index contributed by atoms with van der Waals surface area (Å²) < 4.78 is 5.49. The maximum Gasteiger partial charge on any atom is 0.339 e. The largest absolute Gasteiger partial charge is 0.456 e. The second-order valence-corrected chi connectivity index (χ2v) is 7.49. The van der Waals surface area contributed by atoms with Crippen molar-refractivity contribution in [2.24, 2.45) is 0 Å². The summed E-state index contributed by atoms with van der Waals surface area (Å²) in [5.41, 5.74) is 2.86. The Morgan fingerprint density at radius 2 is 2.00 bits per heavy atom. The molecule has 0 spiro atoms. The minimum Gasteiger partial charge on any atom is -0.456 e. The fourth-order valence-corrected chi connectivity index (χ4v) is 3.87. The molecule has 0 aliphatic carbocycles. The van der Waals surface area contributed by atoms with Gasteiger partial charge in [0.1, 0.15) is 6.61 Å². The third-order valence-corrected chi connectivity index (χ3v) is 5.44. The number of pyridine rings is 1. The lowest BCUT2D eigenvalue weighted by atomic mass is 10.1. The van der Waals surface area contributed by atoms with Crippen LogP contribution < -0.4 is 0 Å². The van der Waals surface area contributed by atoms with E-state index in [9.17, 15) is 4.79 Å². The summed E-state index contributed by atoms with van der Waals surface area (Å²) in [5, 5.41) is 5.65. The molecule has 0 bridgehead atoms. The highest BCUT2D eigenvalue weighted by Crippen LogP contribution is 2.28. The molecular weight excluding hydrogens is 352 g/mol. The van der Waals surface area contributed by atoms with Crippen molar-refractivity contribution >= 4 is 39.5 Å². The first kappa shape index (κ1) is 15.9. The molecule has 4 aromatic rings. The molecule has 0 N–H and O–H groups in total. The number of ether oxygens (including phenoxy) is 1. The number of nitrogens with zero attached hydrogens (tertiary/aromatic N) is 2. The van der Waals surface area contributed by atoms with Crippen molar-refractivity contribution in [3.8, 4) is 10.6 Å². The molecule has 0 aliphatic rings. The number of thiazole rings is 1. The molecule has 0 atom stereocenters. The van der Waals surface area contributed by atoms with E-state index < -0.39 is 0 Å². The van der Waals surface area contributed by atoms with Gasteiger partial charge in [-0.15, -0.1) is 22.7 Å². The minimum absolute atomic E-state index is 0.175. The number of hydrogen-bond acceptors (Lipinski definition) is 6. The molecule has 25 heavy (non-hydrogen) atoms. The molecular formula is C19H14N2O2S2. The molecule has 0 unspecified atom stereocenters. The normalized spacial score (nSPS) is 10.9. The topological polar surface area (TPSA) is 52.1 Å². The molecule has 0 saturated heterocycles. The van der Waals surface area contributed by atoms with Crippen molar-refractivity contribution in [3.63, 3.8) is 0 Å². The monoisotopic (exact) mass is 366 g/mol. The fraction of sp³-hybridized carbons (Fsp3) is 0.105. The Bertz CT molecular complexity index is 1040. The zero-order valence-corrected chi connectivity index (χ0v) is 15.1. The van der Waals surface area contributed by atoms with Gasteiger partial charge in [0.25, 0.3) is 0 Å². The van der Waals surface area contributed by atoms with E-state index in [0.29, 0.717) is 5.56 Å². The lowest BCUT2D eigenvalue weighted by molar-refractivity contribution is 0.0470. The van der Waals surface area contributed by atoms with Gasteiger partial charge in [-0.3, -0.25) is 0 Å². The van der Waals surface area contributed by atoms with Crippen LogP contribution in [0.25, 0.3) is 21.5 Å². The summed E-state index contributed by atoms with van der Waals surface area (Å²) in [6.45, 7) is 2.10. The Morgan fingerprint density at radius 1 is 1.12 bits per heavy atom. The molecule has 6 heteroatoms. The third-order valence-electron chi connectivity index (χ3n) is 3.73. The molecule has 3 heterocycles. The number of aryl methyl sites for hydroxylation is 1. The van der Waals surface area contributed by atoms with E-state index >= 15 is 0 Å². The van der Waals surface area contributed by atoms with Crippen molar-refractivity contribution in [1.29, 1.82) is 0 Å². The van der Waals surface area contributed by atoms with Gasteiger partial charge in [0, 0.05) is 10.8 Å². The summed E-state index contributed by atoms with van der Waals surface area (Å²) in [7, 11) is 0. The van der Waals surface area contributed by atoms with E-state index in [2.05, 4.69) is 9.97 Å². The van der Waals surface area contributed by atoms with Crippen molar-refractivity contribution in [3.05, 3.63) is 69.5 Å². The highest BCUT2D eigenvalue weighted by molar-refractivity contribution is 7.13.